The van der Waals surface area contributed by atoms with Gasteiger partial charge in [0.2, 0.25) is 0 Å². The van der Waals surface area contributed by atoms with Crippen molar-refractivity contribution in [1.82, 2.24) is 10.2 Å². The van der Waals surface area contributed by atoms with Crippen molar-refractivity contribution in [3.05, 3.63) is 29.8 Å². The van der Waals surface area contributed by atoms with Crippen molar-refractivity contribution < 1.29 is 9.53 Å². The van der Waals surface area contributed by atoms with Gasteiger partial charge in [0.1, 0.15) is 5.75 Å². The monoisotopic (exact) mass is 290 g/mol. The highest BCUT2D eigenvalue weighted by Gasteiger charge is 2.23. The molecule has 4 heteroatoms. The molecule has 2 unspecified atom stereocenters. The van der Waals surface area contributed by atoms with Crippen molar-refractivity contribution in [2.45, 2.75) is 45.3 Å². The highest BCUT2D eigenvalue weighted by atomic mass is 16.5. The zero-order valence-corrected chi connectivity index (χ0v) is 13.3. The minimum atomic E-state index is -0.421. The summed E-state index contributed by atoms with van der Waals surface area (Å²) in [6.07, 6.45) is 3.02. The fourth-order valence-electron chi connectivity index (χ4n) is 2.63. The Balaban J connectivity index is 1.92. The number of nitrogens with one attached hydrogen (secondary N) is 1. The van der Waals surface area contributed by atoms with E-state index in [2.05, 4.69) is 12.2 Å². The SMILES string of the molecule is CNC(C)c1ccc(OC(C)C(=O)N2CCCCC2)cc1. The lowest BCUT2D eigenvalue weighted by atomic mass is 10.1. The number of benzene rings is 1. The molecule has 1 N–H and O–H groups in total. The van der Waals surface area contributed by atoms with Gasteiger partial charge in [-0.3, -0.25) is 4.79 Å². The molecular weight excluding hydrogens is 264 g/mol. The molecule has 1 aromatic rings. The molecule has 2 rings (SSSR count). The maximum absolute atomic E-state index is 12.3. The van der Waals surface area contributed by atoms with E-state index in [9.17, 15) is 4.79 Å². The van der Waals surface area contributed by atoms with E-state index in [1.807, 2.05) is 43.1 Å². The zero-order valence-electron chi connectivity index (χ0n) is 13.3. The van der Waals surface area contributed by atoms with Gasteiger partial charge in [-0.25, -0.2) is 0 Å². The van der Waals surface area contributed by atoms with Crippen molar-refractivity contribution in [1.29, 1.82) is 0 Å². The van der Waals surface area contributed by atoms with Gasteiger partial charge in [-0.2, -0.15) is 0 Å². The minimum absolute atomic E-state index is 0.0994. The van der Waals surface area contributed by atoms with E-state index in [0.29, 0.717) is 6.04 Å². The summed E-state index contributed by atoms with van der Waals surface area (Å²) < 4.78 is 5.79. The van der Waals surface area contributed by atoms with Crippen molar-refractivity contribution in [3.8, 4) is 5.75 Å². The van der Waals surface area contributed by atoms with Gasteiger partial charge >= 0.3 is 0 Å². The van der Waals surface area contributed by atoms with Gasteiger partial charge in [0, 0.05) is 19.1 Å². The Labute approximate surface area is 127 Å². The molecule has 0 aromatic heterocycles. The number of ether oxygens (including phenoxy) is 1. The van der Waals surface area contributed by atoms with Crippen LogP contribution in [0.1, 0.15) is 44.7 Å². The number of carbonyl (C=O) groups is 1. The summed E-state index contributed by atoms with van der Waals surface area (Å²) in [6, 6.07) is 8.25. The number of hydrogen-bond acceptors (Lipinski definition) is 3. The molecule has 0 aliphatic carbocycles. The van der Waals surface area contributed by atoms with E-state index in [1.165, 1.54) is 12.0 Å². The first kappa shape index (κ1) is 15.8. The van der Waals surface area contributed by atoms with Crippen LogP contribution in [0.15, 0.2) is 24.3 Å². The third kappa shape index (κ3) is 4.21. The predicted molar refractivity (Wildman–Crippen MR) is 84.4 cm³/mol. The van der Waals surface area contributed by atoms with Crippen molar-refractivity contribution in [2.75, 3.05) is 20.1 Å². The quantitative estimate of drug-likeness (QED) is 0.906. The molecule has 116 valence electrons. The van der Waals surface area contributed by atoms with Crippen LogP contribution in [0.25, 0.3) is 0 Å². The summed E-state index contributed by atoms with van der Waals surface area (Å²) in [6.45, 7) is 5.68. The molecule has 1 amide bonds. The van der Waals surface area contributed by atoms with Crippen molar-refractivity contribution >= 4 is 5.91 Å². The maximum atomic E-state index is 12.3. The van der Waals surface area contributed by atoms with Gasteiger partial charge in [-0.1, -0.05) is 12.1 Å². The largest absolute Gasteiger partial charge is 0.481 e. The van der Waals surface area contributed by atoms with Gasteiger partial charge in [0.15, 0.2) is 6.10 Å². The van der Waals surface area contributed by atoms with E-state index in [-0.39, 0.29) is 5.91 Å². The van der Waals surface area contributed by atoms with Crippen molar-refractivity contribution in [3.63, 3.8) is 0 Å². The van der Waals surface area contributed by atoms with Crippen LogP contribution < -0.4 is 10.1 Å². The Morgan fingerprint density at radius 1 is 1.14 bits per heavy atom. The van der Waals surface area contributed by atoms with E-state index in [4.69, 9.17) is 4.74 Å². The second-order valence-electron chi connectivity index (χ2n) is 5.73. The Hall–Kier alpha value is -1.55. The Kier molecular flexibility index (Phi) is 5.62. The lowest BCUT2D eigenvalue weighted by Crippen LogP contribution is -2.43. The van der Waals surface area contributed by atoms with Crippen LogP contribution in [0.3, 0.4) is 0 Å². The number of piperidine rings is 1. The fraction of sp³-hybridized carbons (Fsp3) is 0.588. The standard InChI is InChI=1S/C17H26N2O2/c1-13(18-3)15-7-9-16(10-8-15)21-14(2)17(20)19-11-5-4-6-12-19/h7-10,13-14,18H,4-6,11-12H2,1-3H3. The predicted octanol–water partition coefficient (Wildman–Crippen LogP) is 2.75. The first-order valence-electron chi connectivity index (χ1n) is 7.84. The highest BCUT2D eigenvalue weighted by molar-refractivity contribution is 5.81. The molecule has 0 bridgehead atoms. The van der Waals surface area contributed by atoms with E-state index in [0.717, 1.165) is 31.7 Å². The number of carbonyl (C=O) groups excluding carboxylic acids is 1. The highest BCUT2D eigenvalue weighted by Crippen LogP contribution is 2.19. The minimum Gasteiger partial charge on any atom is -0.481 e. The molecule has 1 aromatic carbocycles. The molecular formula is C17H26N2O2. The summed E-state index contributed by atoms with van der Waals surface area (Å²) in [5, 5.41) is 3.20. The molecule has 21 heavy (non-hydrogen) atoms. The average Bonchev–Trinajstić information content (AvgIpc) is 2.55. The first-order valence-corrected chi connectivity index (χ1v) is 7.84. The molecule has 0 spiro atoms. The normalized spacial score (nSPS) is 18.1. The van der Waals surface area contributed by atoms with Gasteiger partial charge < -0.3 is 15.0 Å². The van der Waals surface area contributed by atoms with Gasteiger partial charge in [0.25, 0.3) is 5.91 Å². The zero-order chi connectivity index (χ0) is 15.2. The van der Waals surface area contributed by atoms with E-state index in [1.54, 1.807) is 0 Å². The van der Waals surface area contributed by atoms with Crippen LogP contribution in [-0.2, 0) is 4.79 Å². The van der Waals surface area contributed by atoms with Crippen LogP contribution in [0.5, 0.6) is 5.75 Å². The van der Waals surface area contributed by atoms with E-state index < -0.39 is 6.10 Å². The van der Waals surface area contributed by atoms with Gasteiger partial charge in [-0.05, 0) is 57.9 Å². The van der Waals surface area contributed by atoms with Crippen LogP contribution in [0, 0.1) is 0 Å². The summed E-state index contributed by atoms with van der Waals surface area (Å²) in [7, 11) is 1.94. The van der Waals surface area contributed by atoms with Crippen LogP contribution >= 0.6 is 0 Å². The molecule has 1 heterocycles. The van der Waals surface area contributed by atoms with Gasteiger partial charge in [-0.15, -0.1) is 0 Å². The number of rotatable bonds is 5. The molecule has 1 fully saturated rings. The van der Waals surface area contributed by atoms with Gasteiger partial charge in [0.05, 0.1) is 0 Å². The maximum Gasteiger partial charge on any atom is 0.263 e. The van der Waals surface area contributed by atoms with Crippen LogP contribution in [0.2, 0.25) is 0 Å². The third-order valence-corrected chi connectivity index (χ3v) is 4.14. The summed E-state index contributed by atoms with van der Waals surface area (Å²) in [4.78, 5) is 14.2. The summed E-state index contributed by atoms with van der Waals surface area (Å²) in [5.74, 6) is 0.849. The third-order valence-electron chi connectivity index (χ3n) is 4.14. The fourth-order valence-corrected chi connectivity index (χ4v) is 2.63. The summed E-state index contributed by atoms with van der Waals surface area (Å²) in [5.41, 5.74) is 1.21. The second kappa shape index (κ2) is 7.46. The lowest BCUT2D eigenvalue weighted by molar-refractivity contribution is -0.138. The second-order valence-corrected chi connectivity index (χ2v) is 5.73. The van der Waals surface area contributed by atoms with Crippen LogP contribution in [0.4, 0.5) is 0 Å². The Morgan fingerprint density at radius 3 is 2.33 bits per heavy atom. The van der Waals surface area contributed by atoms with Crippen molar-refractivity contribution in [2.24, 2.45) is 0 Å². The molecule has 2 atom stereocenters. The molecule has 0 radical (unpaired) electrons. The Morgan fingerprint density at radius 2 is 1.76 bits per heavy atom. The molecule has 1 saturated heterocycles. The summed E-state index contributed by atoms with van der Waals surface area (Å²) >= 11 is 0. The molecule has 4 nitrogen and oxygen atoms in total. The smallest absolute Gasteiger partial charge is 0.263 e. The lowest BCUT2D eigenvalue weighted by Gasteiger charge is -2.29. The molecule has 1 aliphatic heterocycles. The average molecular weight is 290 g/mol. The number of amides is 1. The Bertz CT molecular complexity index is 452. The molecule has 0 saturated carbocycles. The number of hydrogen-bond donors (Lipinski definition) is 1. The van der Waals surface area contributed by atoms with Crippen LogP contribution in [-0.4, -0.2) is 37.0 Å². The first-order chi connectivity index (χ1) is 10.1. The topological polar surface area (TPSA) is 41.6 Å². The number of likely N-dealkylation sites (tertiary alicyclic amines) is 1. The van der Waals surface area contributed by atoms with E-state index >= 15 is 0 Å². The number of nitrogens with zero attached hydrogens (tertiary/aromatic N) is 1. The molecule has 1 aliphatic rings.